The monoisotopic (exact) mass is 388 g/mol. The minimum absolute atomic E-state index is 0.290. The zero-order valence-corrected chi connectivity index (χ0v) is 15.9. The Bertz CT molecular complexity index is 715. The molecule has 130 valence electrons. The first-order chi connectivity index (χ1) is 11.3. The van der Waals surface area contributed by atoms with E-state index in [1.54, 1.807) is 19.1 Å². The Balaban J connectivity index is 2.20. The van der Waals surface area contributed by atoms with Crippen LogP contribution in [0.2, 0.25) is 10.0 Å². The van der Waals surface area contributed by atoms with E-state index in [0.29, 0.717) is 33.0 Å². The Kier molecular flexibility index (Phi) is 4.57. The van der Waals surface area contributed by atoms with Crippen molar-refractivity contribution < 1.29 is 14.3 Å². The Hall–Kier alpha value is -1.24. The fraction of sp³-hybridized carbons (Fsp3) is 0.500. The molecule has 0 aliphatic carbocycles. The van der Waals surface area contributed by atoms with Gasteiger partial charge in [-0.15, -0.1) is 0 Å². The molecule has 2 heterocycles. The van der Waals surface area contributed by atoms with Crippen LogP contribution in [-0.2, 0) is 9.53 Å². The number of carbonyl (C=O) groups excluding carboxylic acids is 1. The molecule has 1 aromatic carbocycles. The van der Waals surface area contributed by atoms with Crippen LogP contribution in [0.3, 0.4) is 0 Å². The lowest BCUT2D eigenvalue weighted by Crippen LogP contribution is -2.71. The van der Waals surface area contributed by atoms with Crippen molar-refractivity contribution >= 4 is 46.5 Å². The van der Waals surface area contributed by atoms with Crippen molar-refractivity contribution in [3.63, 3.8) is 0 Å². The molecule has 0 aromatic heterocycles. The van der Waals surface area contributed by atoms with Gasteiger partial charge >= 0.3 is 5.97 Å². The fourth-order valence-electron chi connectivity index (χ4n) is 3.52. The number of nitrogens with zero attached hydrogens (tertiary/aromatic N) is 1. The molecule has 3 unspecified atom stereocenters. The highest BCUT2D eigenvalue weighted by atomic mass is 35.5. The average Bonchev–Trinajstić information content (AvgIpc) is 2.48. The van der Waals surface area contributed by atoms with Crippen LogP contribution in [0.25, 0.3) is 0 Å². The number of benzene rings is 1. The largest absolute Gasteiger partial charge is 0.466 e. The molecule has 0 radical (unpaired) electrons. The van der Waals surface area contributed by atoms with Gasteiger partial charge in [0, 0.05) is 17.1 Å². The number of carbonyl (C=O) groups is 1. The SMILES string of the molecule is CCOC(=O)C1C2NC(=S)N(CC)C1(C)Oc1c(Cl)cc(Cl)cc12. The molecule has 2 aliphatic heterocycles. The molecule has 1 N–H and O–H groups in total. The Labute approximate surface area is 156 Å². The Morgan fingerprint density at radius 3 is 2.79 bits per heavy atom. The lowest BCUT2D eigenvalue weighted by atomic mass is 9.79. The third-order valence-electron chi connectivity index (χ3n) is 4.51. The number of thiocarbonyl (C=S) groups is 1. The van der Waals surface area contributed by atoms with Gasteiger partial charge in [0.2, 0.25) is 0 Å². The molecule has 1 fully saturated rings. The Morgan fingerprint density at radius 2 is 2.17 bits per heavy atom. The van der Waals surface area contributed by atoms with Crippen molar-refractivity contribution in [3.05, 3.63) is 27.7 Å². The van der Waals surface area contributed by atoms with Crippen LogP contribution < -0.4 is 10.1 Å². The van der Waals surface area contributed by atoms with Gasteiger partial charge in [-0.25, -0.2) is 0 Å². The van der Waals surface area contributed by atoms with Crippen LogP contribution >= 0.6 is 35.4 Å². The van der Waals surface area contributed by atoms with Crippen LogP contribution in [0.1, 0.15) is 32.4 Å². The molecule has 8 heteroatoms. The lowest BCUT2D eigenvalue weighted by Gasteiger charge is -2.55. The van der Waals surface area contributed by atoms with E-state index >= 15 is 0 Å². The van der Waals surface area contributed by atoms with Crippen LogP contribution in [-0.4, -0.2) is 34.9 Å². The summed E-state index contributed by atoms with van der Waals surface area (Å²) < 4.78 is 11.5. The van der Waals surface area contributed by atoms with Gasteiger partial charge in [0.15, 0.2) is 10.8 Å². The van der Waals surface area contributed by atoms with Gasteiger partial charge in [-0.1, -0.05) is 23.2 Å². The van der Waals surface area contributed by atoms with E-state index < -0.39 is 17.7 Å². The molecule has 3 atom stereocenters. The number of halogens is 2. The summed E-state index contributed by atoms with van der Waals surface area (Å²) in [6, 6.07) is 2.96. The van der Waals surface area contributed by atoms with Crippen LogP contribution in [0.15, 0.2) is 12.1 Å². The molecule has 3 rings (SSSR count). The topological polar surface area (TPSA) is 50.8 Å². The highest BCUT2D eigenvalue weighted by molar-refractivity contribution is 7.80. The molecule has 0 amide bonds. The van der Waals surface area contributed by atoms with Crippen molar-refractivity contribution in [3.8, 4) is 5.75 Å². The van der Waals surface area contributed by atoms with E-state index in [1.807, 2.05) is 18.7 Å². The first kappa shape index (κ1) is 17.6. The van der Waals surface area contributed by atoms with Crippen LogP contribution in [0.5, 0.6) is 5.75 Å². The van der Waals surface area contributed by atoms with E-state index in [1.165, 1.54) is 0 Å². The number of fused-ring (bicyclic) bond motifs is 4. The summed E-state index contributed by atoms with van der Waals surface area (Å²) in [5, 5.41) is 4.63. The van der Waals surface area contributed by atoms with Crippen molar-refractivity contribution in [1.29, 1.82) is 0 Å². The highest BCUT2D eigenvalue weighted by Gasteiger charge is 2.59. The average molecular weight is 389 g/mol. The van der Waals surface area contributed by atoms with Crippen molar-refractivity contribution in [2.45, 2.75) is 32.5 Å². The summed E-state index contributed by atoms with van der Waals surface area (Å²) in [6.45, 7) is 6.43. The number of esters is 1. The predicted molar refractivity (Wildman–Crippen MR) is 96.5 cm³/mol. The Morgan fingerprint density at radius 1 is 1.46 bits per heavy atom. The molecule has 5 nitrogen and oxygen atoms in total. The molecule has 24 heavy (non-hydrogen) atoms. The maximum absolute atomic E-state index is 12.7. The van der Waals surface area contributed by atoms with Gasteiger partial charge in [0.1, 0.15) is 11.7 Å². The quantitative estimate of drug-likeness (QED) is 0.631. The standard InChI is InChI=1S/C16H18Cl2N2O3S/c1-4-20-15(24)19-12-9-6-8(17)7-10(18)13(9)23-16(20,3)11(12)14(21)22-5-2/h6-7,11-12H,4-5H2,1-3H3,(H,19,24). The van der Waals surface area contributed by atoms with Crippen molar-refractivity contribution in [2.75, 3.05) is 13.2 Å². The zero-order chi connectivity index (χ0) is 17.6. The molecule has 2 bridgehead atoms. The first-order valence-electron chi connectivity index (χ1n) is 7.76. The minimum atomic E-state index is -0.988. The molecule has 1 saturated heterocycles. The second-order valence-electron chi connectivity index (χ2n) is 5.86. The second-order valence-corrected chi connectivity index (χ2v) is 7.09. The van der Waals surface area contributed by atoms with E-state index in [9.17, 15) is 4.79 Å². The molecule has 2 aliphatic rings. The van der Waals surface area contributed by atoms with Gasteiger partial charge in [-0.3, -0.25) is 4.79 Å². The summed E-state index contributed by atoms with van der Waals surface area (Å²) in [5.74, 6) is -0.436. The molecular formula is C16H18Cl2N2O3S. The molecule has 0 spiro atoms. The molecular weight excluding hydrogens is 371 g/mol. The van der Waals surface area contributed by atoms with Crippen LogP contribution in [0.4, 0.5) is 0 Å². The third kappa shape index (κ3) is 2.52. The van der Waals surface area contributed by atoms with Gasteiger partial charge < -0.3 is 19.7 Å². The fourth-order valence-corrected chi connectivity index (χ4v) is 4.50. The molecule has 1 aromatic rings. The predicted octanol–water partition coefficient (Wildman–Crippen LogP) is 3.53. The van der Waals surface area contributed by atoms with Gasteiger partial charge in [0.25, 0.3) is 0 Å². The second kappa shape index (κ2) is 6.24. The van der Waals surface area contributed by atoms with Gasteiger partial charge in [0.05, 0.1) is 17.7 Å². The number of hydrogen-bond acceptors (Lipinski definition) is 4. The number of nitrogens with one attached hydrogen (secondary N) is 1. The summed E-state index contributed by atoms with van der Waals surface area (Å²) in [7, 11) is 0. The smallest absolute Gasteiger partial charge is 0.317 e. The number of ether oxygens (including phenoxy) is 2. The normalized spacial score (nSPS) is 27.9. The maximum Gasteiger partial charge on any atom is 0.317 e. The summed E-state index contributed by atoms with van der Waals surface area (Å²) >= 11 is 17.9. The van der Waals surface area contributed by atoms with E-state index in [-0.39, 0.29) is 12.6 Å². The first-order valence-corrected chi connectivity index (χ1v) is 8.92. The molecule has 0 saturated carbocycles. The summed E-state index contributed by atoms with van der Waals surface area (Å²) in [4.78, 5) is 14.5. The van der Waals surface area contributed by atoms with Gasteiger partial charge in [-0.05, 0) is 45.1 Å². The third-order valence-corrected chi connectivity index (χ3v) is 5.35. The van der Waals surface area contributed by atoms with Crippen LogP contribution in [0, 0.1) is 5.92 Å². The maximum atomic E-state index is 12.7. The van der Waals surface area contributed by atoms with Crippen molar-refractivity contribution in [2.24, 2.45) is 5.92 Å². The van der Waals surface area contributed by atoms with Gasteiger partial charge in [-0.2, -0.15) is 0 Å². The summed E-state index contributed by atoms with van der Waals surface area (Å²) in [5.41, 5.74) is -0.278. The zero-order valence-electron chi connectivity index (χ0n) is 13.6. The highest BCUT2D eigenvalue weighted by Crippen LogP contribution is 2.51. The van der Waals surface area contributed by atoms with Crippen molar-refractivity contribution in [1.82, 2.24) is 10.2 Å². The number of rotatable bonds is 3. The van der Waals surface area contributed by atoms with E-state index in [0.717, 1.165) is 0 Å². The summed E-state index contributed by atoms with van der Waals surface area (Å²) in [6.07, 6.45) is 0. The number of hydrogen-bond donors (Lipinski definition) is 1. The lowest BCUT2D eigenvalue weighted by molar-refractivity contribution is -0.174. The van der Waals surface area contributed by atoms with E-state index in [4.69, 9.17) is 44.9 Å². The minimum Gasteiger partial charge on any atom is -0.466 e. The van der Waals surface area contributed by atoms with E-state index in [2.05, 4.69) is 5.32 Å².